The summed E-state index contributed by atoms with van der Waals surface area (Å²) in [5.41, 5.74) is 2.36. The third-order valence-corrected chi connectivity index (χ3v) is 4.43. The fourth-order valence-corrected chi connectivity index (χ4v) is 2.89. The van der Waals surface area contributed by atoms with Gasteiger partial charge >= 0.3 is 0 Å². The zero-order valence-electron chi connectivity index (χ0n) is 12.2. The Balaban J connectivity index is 1.63. The molecule has 0 radical (unpaired) electrons. The quantitative estimate of drug-likeness (QED) is 0.834. The van der Waals surface area contributed by atoms with Gasteiger partial charge in [0.15, 0.2) is 0 Å². The summed E-state index contributed by atoms with van der Waals surface area (Å²) in [6.07, 6.45) is 0.834. The Kier molecular flexibility index (Phi) is 4.90. The van der Waals surface area contributed by atoms with Crippen molar-refractivity contribution in [2.45, 2.75) is 12.5 Å². The molecule has 1 heterocycles. The maximum Gasteiger partial charge on any atom is 0.248 e. The van der Waals surface area contributed by atoms with Crippen LogP contribution in [-0.4, -0.2) is 30.5 Å². The summed E-state index contributed by atoms with van der Waals surface area (Å²) in [4.78, 5) is 13.9. The van der Waals surface area contributed by atoms with Gasteiger partial charge < -0.3 is 9.64 Å². The Bertz CT molecular complexity index is 627. The van der Waals surface area contributed by atoms with E-state index in [0.717, 1.165) is 23.0 Å². The van der Waals surface area contributed by atoms with Crippen molar-refractivity contribution in [3.8, 4) is 0 Å². The van der Waals surface area contributed by atoms with Crippen LogP contribution in [0.5, 0.6) is 0 Å². The lowest BCUT2D eigenvalue weighted by Crippen LogP contribution is -2.44. The molecule has 0 spiro atoms. The maximum absolute atomic E-state index is 12.0. The van der Waals surface area contributed by atoms with E-state index in [2.05, 4.69) is 28.1 Å². The van der Waals surface area contributed by atoms with Gasteiger partial charge in [-0.2, -0.15) is 0 Å². The van der Waals surface area contributed by atoms with E-state index in [1.54, 1.807) is 0 Å². The number of morpholine rings is 1. The third kappa shape index (κ3) is 3.76. The Morgan fingerprint density at radius 3 is 2.55 bits per heavy atom. The number of rotatable bonds is 4. The second-order valence-electron chi connectivity index (χ2n) is 5.43. The minimum atomic E-state index is -0.0402. The summed E-state index contributed by atoms with van der Waals surface area (Å²) in [6.45, 7) is 1.52. The van der Waals surface area contributed by atoms with Crippen LogP contribution >= 0.6 is 15.9 Å². The van der Waals surface area contributed by atoms with E-state index in [9.17, 15) is 4.79 Å². The average Bonchev–Trinajstić information content (AvgIpc) is 2.56. The van der Waals surface area contributed by atoms with Crippen LogP contribution in [0.1, 0.15) is 17.2 Å². The van der Waals surface area contributed by atoms with Crippen LogP contribution in [0.15, 0.2) is 59.1 Å². The molecule has 0 saturated carbocycles. The number of amides is 1. The molecule has 1 amide bonds. The summed E-state index contributed by atoms with van der Waals surface area (Å²) in [7, 11) is 0. The number of hydrogen-bond donors (Lipinski definition) is 0. The molecule has 1 aliphatic rings. The van der Waals surface area contributed by atoms with Gasteiger partial charge in [-0.25, -0.2) is 0 Å². The Morgan fingerprint density at radius 1 is 1.09 bits per heavy atom. The SMILES string of the molecule is O=C1COC(c2ccc(Br)cc2)CN1CCc1ccccc1. The molecule has 3 nitrogen and oxygen atoms in total. The monoisotopic (exact) mass is 359 g/mol. The molecule has 0 aromatic heterocycles. The summed E-state index contributed by atoms with van der Waals surface area (Å²) < 4.78 is 6.74. The van der Waals surface area contributed by atoms with Crippen molar-refractivity contribution in [1.29, 1.82) is 0 Å². The van der Waals surface area contributed by atoms with E-state index in [1.165, 1.54) is 5.56 Å². The number of ether oxygens (including phenoxy) is 1. The fraction of sp³-hybridized carbons (Fsp3) is 0.278. The highest BCUT2D eigenvalue weighted by Crippen LogP contribution is 2.24. The van der Waals surface area contributed by atoms with Gasteiger partial charge in [0.25, 0.3) is 0 Å². The molecule has 1 aliphatic heterocycles. The standard InChI is InChI=1S/C18H18BrNO2/c19-16-8-6-15(7-9-16)17-12-20(18(21)13-22-17)11-10-14-4-2-1-3-5-14/h1-9,17H,10-13H2. The Morgan fingerprint density at radius 2 is 1.82 bits per heavy atom. The average molecular weight is 360 g/mol. The Labute approximate surface area is 139 Å². The number of carbonyl (C=O) groups is 1. The molecule has 1 fully saturated rings. The summed E-state index contributed by atoms with van der Waals surface area (Å²) in [5, 5.41) is 0. The maximum atomic E-state index is 12.0. The first-order valence-corrected chi connectivity index (χ1v) is 8.20. The van der Waals surface area contributed by atoms with Crippen LogP contribution < -0.4 is 0 Å². The van der Waals surface area contributed by atoms with Crippen molar-refractivity contribution < 1.29 is 9.53 Å². The number of benzene rings is 2. The molecular formula is C18H18BrNO2. The van der Waals surface area contributed by atoms with Crippen molar-refractivity contribution in [2.75, 3.05) is 19.7 Å². The van der Waals surface area contributed by atoms with Gasteiger partial charge in [-0.05, 0) is 29.7 Å². The highest BCUT2D eigenvalue weighted by atomic mass is 79.9. The third-order valence-electron chi connectivity index (χ3n) is 3.90. The molecule has 2 aromatic rings. The summed E-state index contributed by atoms with van der Waals surface area (Å²) >= 11 is 3.44. The van der Waals surface area contributed by atoms with Gasteiger partial charge in [0.2, 0.25) is 5.91 Å². The van der Waals surface area contributed by atoms with Gasteiger partial charge in [0.1, 0.15) is 12.7 Å². The molecule has 1 atom stereocenters. The molecule has 0 N–H and O–H groups in total. The summed E-state index contributed by atoms with van der Waals surface area (Å²) in [6, 6.07) is 18.3. The molecule has 3 rings (SSSR count). The van der Waals surface area contributed by atoms with E-state index in [1.807, 2.05) is 47.4 Å². The summed E-state index contributed by atoms with van der Waals surface area (Å²) in [5.74, 6) is 0.0734. The highest BCUT2D eigenvalue weighted by molar-refractivity contribution is 9.10. The van der Waals surface area contributed by atoms with Crippen molar-refractivity contribution in [3.63, 3.8) is 0 Å². The molecule has 2 aromatic carbocycles. The van der Waals surface area contributed by atoms with Gasteiger partial charge in [0, 0.05) is 11.0 Å². The topological polar surface area (TPSA) is 29.5 Å². The molecule has 1 unspecified atom stereocenters. The molecule has 4 heteroatoms. The second kappa shape index (κ2) is 7.07. The molecule has 0 bridgehead atoms. The zero-order valence-corrected chi connectivity index (χ0v) is 13.8. The normalized spacial score (nSPS) is 18.5. The van der Waals surface area contributed by atoms with Gasteiger partial charge in [-0.1, -0.05) is 58.4 Å². The first kappa shape index (κ1) is 15.3. The van der Waals surface area contributed by atoms with Crippen molar-refractivity contribution >= 4 is 21.8 Å². The minimum Gasteiger partial charge on any atom is -0.362 e. The number of hydrogen-bond acceptors (Lipinski definition) is 2. The van der Waals surface area contributed by atoms with E-state index in [-0.39, 0.29) is 18.6 Å². The van der Waals surface area contributed by atoms with Gasteiger partial charge in [0.05, 0.1) is 6.54 Å². The van der Waals surface area contributed by atoms with Crippen molar-refractivity contribution in [1.82, 2.24) is 4.90 Å². The largest absolute Gasteiger partial charge is 0.362 e. The van der Waals surface area contributed by atoms with Crippen molar-refractivity contribution in [2.24, 2.45) is 0 Å². The first-order chi connectivity index (χ1) is 10.7. The van der Waals surface area contributed by atoms with Crippen LogP contribution in [0.25, 0.3) is 0 Å². The van der Waals surface area contributed by atoms with E-state index in [0.29, 0.717) is 6.54 Å². The lowest BCUT2D eigenvalue weighted by atomic mass is 10.1. The molecule has 1 saturated heterocycles. The van der Waals surface area contributed by atoms with Crippen LogP contribution in [-0.2, 0) is 16.0 Å². The van der Waals surface area contributed by atoms with Crippen molar-refractivity contribution in [3.05, 3.63) is 70.2 Å². The van der Waals surface area contributed by atoms with Gasteiger partial charge in [-0.3, -0.25) is 4.79 Å². The minimum absolute atomic E-state index is 0.0402. The van der Waals surface area contributed by atoms with Crippen LogP contribution in [0.3, 0.4) is 0 Å². The molecular weight excluding hydrogens is 342 g/mol. The molecule has 0 aliphatic carbocycles. The lowest BCUT2D eigenvalue weighted by molar-refractivity contribution is -0.149. The number of carbonyl (C=O) groups excluding carboxylic acids is 1. The highest BCUT2D eigenvalue weighted by Gasteiger charge is 2.26. The van der Waals surface area contributed by atoms with E-state index >= 15 is 0 Å². The van der Waals surface area contributed by atoms with E-state index < -0.39 is 0 Å². The molecule has 22 heavy (non-hydrogen) atoms. The van der Waals surface area contributed by atoms with Gasteiger partial charge in [-0.15, -0.1) is 0 Å². The van der Waals surface area contributed by atoms with Crippen LogP contribution in [0.4, 0.5) is 0 Å². The number of halogens is 1. The smallest absolute Gasteiger partial charge is 0.248 e. The second-order valence-corrected chi connectivity index (χ2v) is 6.34. The molecule has 114 valence electrons. The zero-order chi connectivity index (χ0) is 15.4. The van der Waals surface area contributed by atoms with E-state index in [4.69, 9.17) is 4.74 Å². The fourth-order valence-electron chi connectivity index (χ4n) is 2.62. The predicted octanol–water partition coefficient (Wildman–Crippen LogP) is 3.59. The Hall–Kier alpha value is -1.65. The predicted molar refractivity (Wildman–Crippen MR) is 89.6 cm³/mol. The number of nitrogens with zero attached hydrogens (tertiary/aromatic N) is 1. The van der Waals surface area contributed by atoms with Crippen LogP contribution in [0.2, 0.25) is 0 Å². The first-order valence-electron chi connectivity index (χ1n) is 7.41. The lowest BCUT2D eigenvalue weighted by Gasteiger charge is -2.33. The van der Waals surface area contributed by atoms with Crippen LogP contribution in [0, 0.1) is 0 Å².